The van der Waals surface area contributed by atoms with Crippen molar-refractivity contribution in [3.05, 3.63) is 11.7 Å². The highest BCUT2D eigenvalue weighted by Gasteiger charge is 2.25. The minimum atomic E-state index is -0.0775. The summed E-state index contributed by atoms with van der Waals surface area (Å²) in [4.78, 5) is 4.38. The van der Waals surface area contributed by atoms with Gasteiger partial charge in [-0.25, -0.2) is 0 Å². The molecule has 1 heterocycles. The van der Waals surface area contributed by atoms with Crippen molar-refractivity contribution in [1.29, 1.82) is 0 Å². The van der Waals surface area contributed by atoms with Gasteiger partial charge in [0.15, 0.2) is 5.82 Å². The molecule has 1 atom stereocenters. The van der Waals surface area contributed by atoms with E-state index < -0.39 is 0 Å². The molecular weight excluding hydrogens is 190 g/mol. The molecule has 1 aromatic heterocycles. The molecule has 2 rings (SSSR count). The highest BCUT2D eigenvalue weighted by atomic mass is 16.5. The normalized spacial score (nSPS) is 18.8. The lowest BCUT2D eigenvalue weighted by Crippen LogP contribution is -2.13. The zero-order valence-corrected chi connectivity index (χ0v) is 9.28. The largest absolute Gasteiger partial charge is 0.338 e. The van der Waals surface area contributed by atoms with Crippen molar-refractivity contribution in [1.82, 2.24) is 10.1 Å². The molecule has 1 saturated carbocycles. The summed E-state index contributed by atoms with van der Waals surface area (Å²) in [5.74, 6) is 2.01. The molecule has 0 spiro atoms. The van der Waals surface area contributed by atoms with Gasteiger partial charge in [0.05, 0.1) is 6.04 Å². The van der Waals surface area contributed by atoms with Crippen molar-refractivity contribution in [2.75, 3.05) is 0 Å². The number of rotatable bonds is 5. The number of aromatic nitrogens is 2. The van der Waals surface area contributed by atoms with Crippen LogP contribution in [-0.4, -0.2) is 10.1 Å². The van der Waals surface area contributed by atoms with Crippen LogP contribution in [0.3, 0.4) is 0 Å². The Hall–Kier alpha value is -0.900. The van der Waals surface area contributed by atoms with E-state index in [2.05, 4.69) is 17.1 Å². The van der Waals surface area contributed by atoms with Crippen LogP contribution in [0.15, 0.2) is 4.52 Å². The summed E-state index contributed by atoms with van der Waals surface area (Å²) in [7, 11) is 0. The number of hydrogen-bond donors (Lipinski definition) is 1. The zero-order valence-electron chi connectivity index (χ0n) is 9.28. The molecule has 4 heteroatoms. The topological polar surface area (TPSA) is 64.9 Å². The number of hydrogen-bond acceptors (Lipinski definition) is 4. The second-order valence-electron chi connectivity index (χ2n) is 4.37. The van der Waals surface area contributed by atoms with Gasteiger partial charge in [-0.15, -0.1) is 0 Å². The van der Waals surface area contributed by atoms with Crippen molar-refractivity contribution < 1.29 is 4.52 Å². The Labute approximate surface area is 90.2 Å². The molecule has 1 aliphatic rings. The quantitative estimate of drug-likeness (QED) is 0.809. The maximum atomic E-state index is 5.96. The van der Waals surface area contributed by atoms with Crippen molar-refractivity contribution >= 4 is 0 Å². The third-order valence-corrected chi connectivity index (χ3v) is 3.11. The predicted octanol–water partition coefficient (Wildman–Crippen LogP) is 2.53. The minimum absolute atomic E-state index is 0.0775. The molecule has 0 amide bonds. The maximum Gasteiger partial charge on any atom is 0.243 e. The van der Waals surface area contributed by atoms with E-state index in [9.17, 15) is 0 Å². The Kier molecular flexibility index (Phi) is 3.36. The molecule has 0 aromatic carbocycles. The van der Waals surface area contributed by atoms with Gasteiger partial charge in [0.25, 0.3) is 0 Å². The first-order chi connectivity index (χ1) is 7.31. The summed E-state index contributed by atoms with van der Waals surface area (Å²) < 4.78 is 5.19. The first-order valence-electron chi connectivity index (χ1n) is 5.90. The summed E-state index contributed by atoms with van der Waals surface area (Å²) in [6, 6.07) is -0.0775. The summed E-state index contributed by atoms with van der Waals surface area (Å²) in [5.41, 5.74) is 5.96. The van der Waals surface area contributed by atoms with Crippen LogP contribution >= 0.6 is 0 Å². The Bertz CT molecular complexity index is 307. The lowest BCUT2D eigenvalue weighted by molar-refractivity contribution is 0.329. The number of nitrogens with two attached hydrogens (primary N) is 1. The van der Waals surface area contributed by atoms with Crippen LogP contribution < -0.4 is 5.73 Å². The van der Waals surface area contributed by atoms with Crippen molar-refractivity contribution in [3.8, 4) is 0 Å². The molecule has 1 fully saturated rings. The Morgan fingerprint density at radius 1 is 1.53 bits per heavy atom. The maximum absolute atomic E-state index is 5.96. The first kappa shape index (κ1) is 10.6. The van der Waals surface area contributed by atoms with Gasteiger partial charge in [0.1, 0.15) is 0 Å². The fourth-order valence-corrected chi connectivity index (χ4v) is 1.78. The van der Waals surface area contributed by atoms with Crippen LogP contribution in [0, 0.1) is 0 Å². The van der Waals surface area contributed by atoms with E-state index in [4.69, 9.17) is 10.3 Å². The van der Waals surface area contributed by atoms with Gasteiger partial charge < -0.3 is 10.3 Å². The van der Waals surface area contributed by atoms with Gasteiger partial charge in [-0.1, -0.05) is 31.3 Å². The molecule has 0 aliphatic heterocycles. The van der Waals surface area contributed by atoms with Gasteiger partial charge in [-0.3, -0.25) is 0 Å². The third-order valence-electron chi connectivity index (χ3n) is 3.11. The number of unbranched alkanes of at least 4 members (excludes halogenated alkanes) is 1. The SMILES string of the molecule is CCCCC(N)c1nc(C2CCC2)no1. The fraction of sp³-hybridized carbons (Fsp3) is 0.818. The van der Waals surface area contributed by atoms with E-state index in [1.165, 1.54) is 19.3 Å². The summed E-state index contributed by atoms with van der Waals surface area (Å²) in [6.07, 6.45) is 6.88. The van der Waals surface area contributed by atoms with E-state index in [1.807, 2.05) is 0 Å². The van der Waals surface area contributed by atoms with Crippen molar-refractivity contribution in [3.63, 3.8) is 0 Å². The standard InChI is InChI=1S/C11H19N3O/c1-2-3-7-9(12)11-13-10(14-15-11)8-5-4-6-8/h8-9H,2-7,12H2,1H3. The monoisotopic (exact) mass is 209 g/mol. The molecule has 0 radical (unpaired) electrons. The first-order valence-corrected chi connectivity index (χ1v) is 5.90. The van der Waals surface area contributed by atoms with Crippen LogP contribution in [0.25, 0.3) is 0 Å². The molecule has 1 aromatic rings. The van der Waals surface area contributed by atoms with E-state index >= 15 is 0 Å². The van der Waals surface area contributed by atoms with Gasteiger partial charge >= 0.3 is 0 Å². The van der Waals surface area contributed by atoms with E-state index in [-0.39, 0.29) is 6.04 Å². The van der Waals surface area contributed by atoms with E-state index in [1.54, 1.807) is 0 Å². The summed E-state index contributed by atoms with van der Waals surface area (Å²) >= 11 is 0. The van der Waals surface area contributed by atoms with Crippen molar-refractivity contribution in [2.45, 2.75) is 57.4 Å². The smallest absolute Gasteiger partial charge is 0.243 e. The average Bonchev–Trinajstić information content (AvgIpc) is 2.60. The molecule has 15 heavy (non-hydrogen) atoms. The lowest BCUT2D eigenvalue weighted by atomic mass is 9.85. The fourth-order valence-electron chi connectivity index (χ4n) is 1.78. The number of nitrogens with zero attached hydrogens (tertiary/aromatic N) is 2. The highest BCUT2D eigenvalue weighted by Crippen LogP contribution is 2.34. The molecular formula is C11H19N3O. The second-order valence-corrected chi connectivity index (χ2v) is 4.37. The predicted molar refractivity (Wildman–Crippen MR) is 57.3 cm³/mol. The summed E-state index contributed by atoms with van der Waals surface area (Å²) in [5, 5.41) is 4.00. The average molecular weight is 209 g/mol. The second kappa shape index (κ2) is 4.75. The molecule has 1 aliphatic carbocycles. The zero-order chi connectivity index (χ0) is 10.7. The van der Waals surface area contributed by atoms with Gasteiger partial charge in [-0.05, 0) is 19.3 Å². The molecule has 84 valence electrons. The van der Waals surface area contributed by atoms with Crippen LogP contribution in [0.1, 0.15) is 69.1 Å². The minimum Gasteiger partial charge on any atom is -0.338 e. The Morgan fingerprint density at radius 3 is 2.93 bits per heavy atom. The highest BCUT2D eigenvalue weighted by molar-refractivity contribution is 5.01. The summed E-state index contributed by atoms with van der Waals surface area (Å²) in [6.45, 7) is 2.15. The van der Waals surface area contributed by atoms with E-state index in [0.717, 1.165) is 25.1 Å². The van der Waals surface area contributed by atoms with Crippen LogP contribution in [-0.2, 0) is 0 Å². The lowest BCUT2D eigenvalue weighted by Gasteiger charge is -2.21. The third kappa shape index (κ3) is 2.37. The Balaban J connectivity index is 1.93. The molecule has 0 saturated heterocycles. The van der Waals surface area contributed by atoms with Crippen LogP contribution in [0.4, 0.5) is 0 Å². The van der Waals surface area contributed by atoms with Gasteiger partial charge in [-0.2, -0.15) is 4.98 Å². The molecule has 0 bridgehead atoms. The van der Waals surface area contributed by atoms with Gasteiger partial charge in [0, 0.05) is 5.92 Å². The van der Waals surface area contributed by atoms with Crippen LogP contribution in [0.5, 0.6) is 0 Å². The van der Waals surface area contributed by atoms with Crippen molar-refractivity contribution in [2.24, 2.45) is 5.73 Å². The Morgan fingerprint density at radius 2 is 2.33 bits per heavy atom. The molecule has 1 unspecified atom stereocenters. The molecule has 4 nitrogen and oxygen atoms in total. The molecule has 2 N–H and O–H groups in total. The van der Waals surface area contributed by atoms with E-state index in [0.29, 0.717) is 11.8 Å². The van der Waals surface area contributed by atoms with Gasteiger partial charge in [0.2, 0.25) is 5.89 Å². The van der Waals surface area contributed by atoms with Crippen LogP contribution in [0.2, 0.25) is 0 Å².